The second-order valence-corrected chi connectivity index (χ2v) is 12.4. The van der Waals surface area contributed by atoms with Gasteiger partial charge in [0.05, 0.1) is 13.1 Å². The minimum atomic E-state index is 1.20. The van der Waals surface area contributed by atoms with Crippen molar-refractivity contribution in [1.29, 1.82) is 0 Å². The Morgan fingerprint density at radius 2 is 0.711 bits per heavy atom. The van der Waals surface area contributed by atoms with Gasteiger partial charge in [-0.1, -0.05) is 174 Å². The number of aromatic nitrogens is 2. The zero-order valence-corrected chi connectivity index (χ0v) is 26.5. The number of imidazole rings is 1. The quantitative estimate of drug-likeness (QED) is 0.0665. The van der Waals surface area contributed by atoms with E-state index in [0.717, 1.165) is 0 Å². The maximum Gasteiger partial charge on any atom is 0.243 e. The molecule has 0 spiro atoms. The third-order valence-electron chi connectivity index (χ3n) is 8.54. The van der Waals surface area contributed by atoms with E-state index in [0.29, 0.717) is 0 Å². The minimum absolute atomic E-state index is 1.20. The third-order valence-corrected chi connectivity index (χ3v) is 8.54. The average molecular weight is 532 g/mol. The van der Waals surface area contributed by atoms with Gasteiger partial charge in [0, 0.05) is 0 Å². The fourth-order valence-corrected chi connectivity index (χ4v) is 5.86. The van der Waals surface area contributed by atoms with Gasteiger partial charge in [-0.2, -0.15) is 0 Å². The molecule has 0 amide bonds. The van der Waals surface area contributed by atoms with Crippen LogP contribution in [0.15, 0.2) is 18.7 Å². The Balaban J connectivity index is 1.79. The van der Waals surface area contributed by atoms with Crippen molar-refractivity contribution in [1.82, 2.24) is 4.57 Å². The lowest BCUT2D eigenvalue weighted by molar-refractivity contribution is -0.696. The fraction of sp³-hybridized carbons (Fsp3) is 0.917. The molecular formula is C36H71N2+. The summed E-state index contributed by atoms with van der Waals surface area (Å²) in [6.45, 7) is 7.00. The number of hydrogen-bond acceptors (Lipinski definition) is 0. The molecule has 0 bridgehead atoms. The SMILES string of the molecule is CCCCCCCCCCCCCCCCCCC[n+]1ccn(CCCCCCCCCCCCCC)c1. The summed E-state index contributed by atoms with van der Waals surface area (Å²) in [6.07, 6.45) is 48.7. The lowest BCUT2D eigenvalue weighted by Gasteiger charge is -2.03. The molecular weight excluding hydrogens is 460 g/mol. The first-order valence-electron chi connectivity index (χ1n) is 17.9. The second-order valence-electron chi connectivity index (χ2n) is 12.4. The Labute approximate surface area is 240 Å². The molecule has 0 saturated heterocycles. The van der Waals surface area contributed by atoms with Crippen LogP contribution in [0.4, 0.5) is 0 Å². The molecule has 0 saturated carbocycles. The largest absolute Gasteiger partial charge is 0.243 e. The van der Waals surface area contributed by atoms with E-state index in [1.807, 2.05) is 0 Å². The highest BCUT2D eigenvalue weighted by Gasteiger charge is 2.04. The lowest BCUT2D eigenvalue weighted by atomic mass is 10.0. The zero-order valence-electron chi connectivity index (χ0n) is 26.5. The maximum atomic E-state index is 2.41. The molecule has 1 rings (SSSR count). The van der Waals surface area contributed by atoms with Crippen LogP contribution in [0.3, 0.4) is 0 Å². The first-order valence-corrected chi connectivity index (χ1v) is 17.9. The van der Waals surface area contributed by atoms with Gasteiger partial charge in [0.2, 0.25) is 6.33 Å². The average Bonchev–Trinajstić information content (AvgIpc) is 3.38. The summed E-state index contributed by atoms with van der Waals surface area (Å²) in [7, 11) is 0. The molecule has 2 heteroatoms. The van der Waals surface area contributed by atoms with E-state index < -0.39 is 0 Å². The van der Waals surface area contributed by atoms with Crippen LogP contribution < -0.4 is 4.57 Å². The van der Waals surface area contributed by atoms with Crippen LogP contribution in [-0.2, 0) is 13.1 Å². The van der Waals surface area contributed by atoms with Gasteiger partial charge in [-0.05, 0) is 25.7 Å². The number of rotatable bonds is 31. The maximum absolute atomic E-state index is 2.41. The zero-order chi connectivity index (χ0) is 27.2. The predicted molar refractivity (Wildman–Crippen MR) is 170 cm³/mol. The molecule has 1 aromatic rings. The molecule has 0 aliphatic heterocycles. The Morgan fingerprint density at radius 1 is 0.395 bits per heavy atom. The van der Waals surface area contributed by atoms with E-state index in [9.17, 15) is 0 Å². The summed E-state index contributed by atoms with van der Waals surface area (Å²) in [5, 5.41) is 0. The smallest absolute Gasteiger partial charge is 0.237 e. The molecule has 0 unspecified atom stereocenters. The van der Waals surface area contributed by atoms with Gasteiger partial charge in [0.25, 0.3) is 0 Å². The van der Waals surface area contributed by atoms with Crippen LogP contribution >= 0.6 is 0 Å². The van der Waals surface area contributed by atoms with E-state index in [1.165, 1.54) is 199 Å². The van der Waals surface area contributed by atoms with Crippen molar-refractivity contribution in [3.05, 3.63) is 18.7 Å². The summed E-state index contributed by atoms with van der Waals surface area (Å²) < 4.78 is 4.82. The first-order chi connectivity index (χ1) is 18.9. The van der Waals surface area contributed by atoms with E-state index in [2.05, 4.69) is 41.7 Å². The summed E-state index contributed by atoms with van der Waals surface area (Å²) >= 11 is 0. The second kappa shape index (κ2) is 29.2. The molecule has 1 heterocycles. The molecule has 0 N–H and O–H groups in total. The van der Waals surface area contributed by atoms with E-state index in [4.69, 9.17) is 0 Å². The highest BCUT2D eigenvalue weighted by atomic mass is 15.1. The Bertz CT molecular complexity index is 563. The van der Waals surface area contributed by atoms with Crippen LogP contribution in [0.25, 0.3) is 0 Å². The van der Waals surface area contributed by atoms with Gasteiger partial charge in [0.1, 0.15) is 12.4 Å². The van der Waals surface area contributed by atoms with Crippen molar-refractivity contribution in [2.24, 2.45) is 0 Å². The molecule has 1 aromatic heterocycles. The molecule has 0 aliphatic rings. The first kappa shape index (κ1) is 35.2. The fourth-order valence-electron chi connectivity index (χ4n) is 5.86. The minimum Gasteiger partial charge on any atom is -0.237 e. The van der Waals surface area contributed by atoms with Crippen LogP contribution in [-0.4, -0.2) is 4.57 Å². The summed E-state index contributed by atoms with van der Waals surface area (Å²) in [4.78, 5) is 0. The summed E-state index contributed by atoms with van der Waals surface area (Å²) in [6, 6.07) is 0. The summed E-state index contributed by atoms with van der Waals surface area (Å²) in [5.41, 5.74) is 0. The molecule has 0 atom stereocenters. The van der Waals surface area contributed by atoms with Gasteiger partial charge in [-0.3, -0.25) is 0 Å². The van der Waals surface area contributed by atoms with Crippen molar-refractivity contribution >= 4 is 0 Å². The molecule has 0 aliphatic carbocycles. The Morgan fingerprint density at radius 3 is 1.08 bits per heavy atom. The predicted octanol–water partition coefficient (Wildman–Crippen LogP) is 12.1. The van der Waals surface area contributed by atoms with E-state index in [-0.39, 0.29) is 0 Å². The van der Waals surface area contributed by atoms with Gasteiger partial charge in [0.15, 0.2) is 0 Å². The number of nitrogens with zero attached hydrogens (tertiary/aromatic N) is 2. The van der Waals surface area contributed by atoms with E-state index in [1.54, 1.807) is 0 Å². The van der Waals surface area contributed by atoms with E-state index >= 15 is 0 Å². The normalized spacial score (nSPS) is 11.5. The standard InChI is InChI=1S/C36H71N2/c1-3-5-7-9-11-13-15-17-18-19-20-21-23-25-27-29-31-33-38-35-34-37(36-38)32-30-28-26-24-22-16-14-12-10-8-6-4-2/h34-36H,3-33H2,1-2H3/q+1. The van der Waals surface area contributed by atoms with Crippen molar-refractivity contribution < 1.29 is 4.57 Å². The summed E-state index contributed by atoms with van der Waals surface area (Å²) in [5.74, 6) is 0. The van der Waals surface area contributed by atoms with Crippen molar-refractivity contribution in [3.63, 3.8) is 0 Å². The highest BCUT2D eigenvalue weighted by Crippen LogP contribution is 2.14. The van der Waals surface area contributed by atoms with Gasteiger partial charge < -0.3 is 0 Å². The topological polar surface area (TPSA) is 8.81 Å². The van der Waals surface area contributed by atoms with Crippen molar-refractivity contribution in [3.8, 4) is 0 Å². The molecule has 224 valence electrons. The number of hydrogen-bond donors (Lipinski definition) is 0. The number of aryl methyl sites for hydroxylation is 2. The molecule has 38 heavy (non-hydrogen) atoms. The van der Waals surface area contributed by atoms with Crippen molar-refractivity contribution in [2.45, 2.75) is 213 Å². The molecule has 2 nitrogen and oxygen atoms in total. The van der Waals surface area contributed by atoms with Crippen LogP contribution in [0.1, 0.15) is 200 Å². The van der Waals surface area contributed by atoms with Gasteiger partial charge in [-0.15, -0.1) is 0 Å². The number of unbranched alkanes of at least 4 members (excludes halogenated alkanes) is 27. The van der Waals surface area contributed by atoms with Gasteiger partial charge >= 0.3 is 0 Å². The van der Waals surface area contributed by atoms with Crippen LogP contribution in [0.5, 0.6) is 0 Å². The Kier molecular flexibility index (Phi) is 27.1. The third kappa shape index (κ3) is 24.3. The van der Waals surface area contributed by atoms with Crippen LogP contribution in [0, 0.1) is 0 Å². The lowest BCUT2D eigenvalue weighted by Crippen LogP contribution is -2.30. The van der Waals surface area contributed by atoms with Gasteiger partial charge in [-0.25, -0.2) is 9.13 Å². The van der Waals surface area contributed by atoms with Crippen LogP contribution in [0.2, 0.25) is 0 Å². The molecule has 0 fully saturated rings. The Hall–Kier alpha value is -0.790. The molecule has 0 radical (unpaired) electrons. The monoisotopic (exact) mass is 532 g/mol. The molecule has 0 aromatic carbocycles. The highest BCUT2D eigenvalue weighted by molar-refractivity contribution is 4.66. The van der Waals surface area contributed by atoms with Crippen molar-refractivity contribution in [2.75, 3.05) is 0 Å².